The van der Waals surface area contributed by atoms with Gasteiger partial charge in [-0.3, -0.25) is 4.98 Å². The predicted molar refractivity (Wildman–Crippen MR) is 106 cm³/mol. The molecule has 0 radical (unpaired) electrons. The highest BCUT2D eigenvalue weighted by atomic mass is 16.3. The first-order chi connectivity index (χ1) is 13.1. The van der Waals surface area contributed by atoms with E-state index in [0.29, 0.717) is 29.4 Å². The van der Waals surface area contributed by atoms with Gasteiger partial charge in [-0.1, -0.05) is 13.0 Å². The van der Waals surface area contributed by atoms with E-state index in [0.717, 1.165) is 32.1 Å². The summed E-state index contributed by atoms with van der Waals surface area (Å²) in [7, 11) is 0. The second-order valence-corrected chi connectivity index (χ2v) is 9.34. The molecule has 3 nitrogen and oxygen atoms in total. The van der Waals surface area contributed by atoms with Crippen molar-refractivity contribution in [1.82, 2.24) is 4.98 Å². The van der Waals surface area contributed by atoms with Crippen LogP contribution in [-0.4, -0.2) is 21.3 Å². The molecular formula is C24H29NO2. The molecule has 3 aliphatic carbocycles. The molecule has 142 valence electrons. The van der Waals surface area contributed by atoms with E-state index in [1.807, 2.05) is 24.5 Å². The molecular weight excluding hydrogens is 334 g/mol. The van der Waals surface area contributed by atoms with Crippen LogP contribution in [-0.2, 0) is 12.8 Å². The molecule has 6 unspecified atom stereocenters. The minimum Gasteiger partial charge on any atom is -0.508 e. The Balaban J connectivity index is 1.42. The van der Waals surface area contributed by atoms with Crippen molar-refractivity contribution in [3.63, 3.8) is 0 Å². The number of aliphatic hydroxyl groups is 1. The minimum absolute atomic E-state index is 0.0489. The highest BCUT2D eigenvalue weighted by molar-refractivity contribution is 5.40. The van der Waals surface area contributed by atoms with Crippen molar-refractivity contribution in [2.75, 3.05) is 0 Å². The highest BCUT2D eigenvalue weighted by Crippen LogP contribution is 2.62. The molecule has 0 aliphatic heterocycles. The van der Waals surface area contributed by atoms with E-state index in [1.165, 1.54) is 23.1 Å². The maximum absolute atomic E-state index is 11.3. The molecule has 2 fully saturated rings. The number of phenols is 1. The number of hydrogen-bond acceptors (Lipinski definition) is 3. The average Bonchev–Trinajstić information content (AvgIpc) is 2.93. The summed E-state index contributed by atoms with van der Waals surface area (Å²) in [5.74, 6) is 2.60. The second-order valence-electron chi connectivity index (χ2n) is 9.34. The third-order valence-corrected chi connectivity index (χ3v) is 8.07. The monoisotopic (exact) mass is 363 g/mol. The van der Waals surface area contributed by atoms with Gasteiger partial charge >= 0.3 is 0 Å². The number of fused-ring (bicyclic) bond motifs is 5. The van der Waals surface area contributed by atoms with E-state index in [2.05, 4.69) is 30.1 Å². The minimum atomic E-state index is -0.210. The van der Waals surface area contributed by atoms with E-state index >= 15 is 0 Å². The highest BCUT2D eigenvalue weighted by Gasteiger charge is 2.57. The molecule has 0 amide bonds. The summed E-state index contributed by atoms with van der Waals surface area (Å²) in [5, 5.41) is 21.1. The zero-order valence-corrected chi connectivity index (χ0v) is 16.0. The van der Waals surface area contributed by atoms with Gasteiger partial charge in [0.05, 0.1) is 6.10 Å². The van der Waals surface area contributed by atoms with E-state index in [-0.39, 0.29) is 11.5 Å². The normalized spacial score (nSPS) is 37.3. The van der Waals surface area contributed by atoms with Crippen LogP contribution in [0.15, 0.2) is 42.7 Å². The van der Waals surface area contributed by atoms with Gasteiger partial charge in [0, 0.05) is 12.4 Å². The zero-order valence-electron chi connectivity index (χ0n) is 16.0. The fraction of sp³-hybridized carbons (Fsp3) is 0.542. The number of hydrogen-bond donors (Lipinski definition) is 2. The van der Waals surface area contributed by atoms with E-state index < -0.39 is 0 Å². The van der Waals surface area contributed by atoms with Crippen LogP contribution in [0.1, 0.15) is 55.2 Å². The lowest BCUT2D eigenvalue weighted by Gasteiger charge is -2.50. The molecule has 3 heteroatoms. The van der Waals surface area contributed by atoms with Crippen molar-refractivity contribution in [3.05, 3.63) is 59.4 Å². The van der Waals surface area contributed by atoms with Gasteiger partial charge in [0.15, 0.2) is 0 Å². The summed E-state index contributed by atoms with van der Waals surface area (Å²) in [6.07, 6.45) is 10.1. The second kappa shape index (κ2) is 6.34. The summed E-state index contributed by atoms with van der Waals surface area (Å²) >= 11 is 0. The number of benzene rings is 1. The quantitative estimate of drug-likeness (QED) is 0.827. The first kappa shape index (κ1) is 17.2. The van der Waals surface area contributed by atoms with E-state index in [1.54, 1.807) is 0 Å². The van der Waals surface area contributed by atoms with E-state index in [9.17, 15) is 10.2 Å². The fourth-order valence-corrected chi connectivity index (χ4v) is 6.74. The molecule has 1 aromatic heterocycles. The van der Waals surface area contributed by atoms with Crippen LogP contribution in [0, 0.1) is 23.2 Å². The van der Waals surface area contributed by atoms with Crippen LogP contribution in [0.3, 0.4) is 0 Å². The Morgan fingerprint density at radius 1 is 1.15 bits per heavy atom. The Labute approximate surface area is 161 Å². The van der Waals surface area contributed by atoms with Crippen molar-refractivity contribution in [2.45, 2.75) is 57.5 Å². The lowest BCUT2D eigenvalue weighted by atomic mass is 9.55. The third kappa shape index (κ3) is 2.70. The lowest BCUT2D eigenvalue weighted by molar-refractivity contribution is -0.0325. The van der Waals surface area contributed by atoms with Crippen molar-refractivity contribution in [2.24, 2.45) is 23.2 Å². The molecule has 27 heavy (non-hydrogen) atoms. The molecule has 2 saturated carbocycles. The topological polar surface area (TPSA) is 53.4 Å². The number of aromatic nitrogens is 1. The fourth-order valence-electron chi connectivity index (χ4n) is 6.74. The number of aromatic hydroxyl groups is 1. The standard InChI is InChI=1S/C24H29NO2/c1-24-9-6-20-19-5-3-18(26)13-16(19)2-4-21(20)22(24)14-17(23(24)27)12-15-7-10-25-11-8-15/h3,5,7-8,10-11,13,17,20-23,26-27H,2,4,6,9,12,14H2,1H3. The summed E-state index contributed by atoms with van der Waals surface area (Å²) in [6.45, 7) is 2.34. The van der Waals surface area contributed by atoms with Gasteiger partial charge in [-0.15, -0.1) is 0 Å². The summed E-state index contributed by atoms with van der Waals surface area (Å²) < 4.78 is 0. The third-order valence-electron chi connectivity index (χ3n) is 8.07. The van der Waals surface area contributed by atoms with Crippen LogP contribution in [0.4, 0.5) is 0 Å². The maximum atomic E-state index is 11.3. The molecule has 6 atom stereocenters. The van der Waals surface area contributed by atoms with E-state index in [4.69, 9.17) is 0 Å². The molecule has 1 aromatic carbocycles. The van der Waals surface area contributed by atoms with Crippen molar-refractivity contribution >= 4 is 0 Å². The number of aryl methyl sites for hydroxylation is 1. The molecule has 0 bridgehead atoms. The lowest BCUT2D eigenvalue weighted by Crippen LogP contribution is -2.44. The van der Waals surface area contributed by atoms with Gasteiger partial charge in [0.2, 0.25) is 0 Å². The van der Waals surface area contributed by atoms with Crippen molar-refractivity contribution < 1.29 is 10.2 Å². The Morgan fingerprint density at radius 3 is 2.78 bits per heavy atom. The largest absolute Gasteiger partial charge is 0.508 e. The Morgan fingerprint density at radius 2 is 1.96 bits per heavy atom. The first-order valence-electron chi connectivity index (χ1n) is 10.4. The summed E-state index contributed by atoms with van der Waals surface area (Å²) in [4.78, 5) is 4.13. The molecule has 1 heterocycles. The van der Waals surface area contributed by atoms with Crippen LogP contribution in [0.25, 0.3) is 0 Å². The number of phenolic OH excluding ortho intramolecular Hbond substituents is 1. The molecule has 0 spiro atoms. The predicted octanol–water partition coefficient (Wildman–Crippen LogP) is 4.47. The van der Waals surface area contributed by atoms with Crippen molar-refractivity contribution in [3.8, 4) is 5.75 Å². The molecule has 2 N–H and O–H groups in total. The zero-order chi connectivity index (χ0) is 18.6. The van der Waals surface area contributed by atoms with Crippen LogP contribution < -0.4 is 0 Å². The van der Waals surface area contributed by atoms with Crippen LogP contribution in [0.2, 0.25) is 0 Å². The van der Waals surface area contributed by atoms with Gasteiger partial charge in [0.25, 0.3) is 0 Å². The Bertz CT molecular complexity index is 836. The molecule has 2 aromatic rings. The van der Waals surface area contributed by atoms with Gasteiger partial charge < -0.3 is 10.2 Å². The van der Waals surface area contributed by atoms with Crippen LogP contribution in [0.5, 0.6) is 5.75 Å². The van der Waals surface area contributed by atoms with Gasteiger partial charge in [-0.2, -0.15) is 0 Å². The Kier molecular flexibility index (Phi) is 4.05. The number of rotatable bonds is 2. The summed E-state index contributed by atoms with van der Waals surface area (Å²) in [6, 6.07) is 10.1. The van der Waals surface area contributed by atoms with Crippen LogP contribution >= 0.6 is 0 Å². The average molecular weight is 364 g/mol. The number of nitrogens with zero attached hydrogens (tertiary/aromatic N) is 1. The molecule has 0 saturated heterocycles. The van der Waals surface area contributed by atoms with Gasteiger partial charge in [0.1, 0.15) is 5.75 Å². The smallest absolute Gasteiger partial charge is 0.115 e. The number of aliphatic hydroxyl groups excluding tert-OH is 1. The SMILES string of the molecule is CC12CCC3c4ccc(O)cc4CCC3C1CC(Cc1ccncc1)C2O. The molecule has 5 rings (SSSR count). The Hall–Kier alpha value is -1.87. The number of pyridine rings is 1. The molecule has 3 aliphatic rings. The van der Waals surface area contributed by atoms with Crippen molar-refractivity contribution in [1.29, 1.82) is 0 Å². The summed E-state index contributed by atoms with van der Waals surface area (Å²) in [5.41, 5.74) is 4.13. The van der Waals surface area contributed by atoms with Gasteiger partial charge in [-0.05, 0) is 109 Å². The van der Waals surface area contributed by atoms with Gasteiger partial charge in [-0.25, -0.2) is 0 Å². The first-order valence-corrected chi connectivity index (χ1v) is 10.4. The maximum Gasteiger partial charge on any atom is 0.115 e.